The van der Waals surface area contributed by atoms with E-state index in [1.807, 2.05) is 6.92 Å². The van der Waals surface area contributed by atoms with Crippen LogP contribution < -0.4 is 14.8 Å². The van der Waals surface area contributed by atoms with Gasteiger partial charge in [-0.3, -0.25) is 14.5 Å². The molecule has 1 heterocycles. The van der Waals surface area contributed by atoms with Gasteiger partial charge in [-0.2, -0.15) is 0 Å². The molecule has 0 aromatic heterocycles. The van der Waals surface area contributed by atoms with Crippen LogP contribution in [0.2, 0.25) is 5.02 Å². The van der Waals surface area contributed by atoms with E-state index in [0.29, 0.717) is 34.4 Å². The summed E-state index contributed by atoms with van der Waals surface area (Å²) in [6.45, 7) is 2.64. The monoisotopic (exact) mass is 400 g/mol. The van der Waals surface area contributed by atoms with Crippen LogP contribution in [0.25, 0.3) is 5.57 Å². The number of carbonyl (C=O) groups excluding carboxylic acids is 2. The van der Waals surface area contributed by atoms with Crippen molar-refractivity contribution in [3.63, 3.8) is 0 Å². The van der Waals surface area contributed by atoms with Crippen LogP contribution in [0, 0.1) is 0 Å². The number of nitrogens with one attached hydrogen (secondary N) is 1. The number of imide groups is 1. The molecule has 0 atom stereocenters. The molecule has 28 heavy (non-hydrogen) atoms. The summed E-state index contributed by atoms with van der Waals surface area (Å²) in [5.41, 5.74) is 1.59. The first-order valence-corrected chi connectivity index (χ1v) is 9.24. The molecule has 0 aliphatic carbocycles. The van der Waals surface area contributed by atoms with Crippen molar-refractivity contribution >= 4 is 34.7 Å². The number of amides is 2. The van der Waals surface area contributed by atoms with E-state index < -0.39 is 5.91 Å². The van der Waals surface area contributed by atoms with E-state index in [2.05, 4.69) is 5.32 Å². The van der Waals surface area contributed by atoms with Gasteiger partial charge in [-0.1, -0.05) is 30.7 Å². The first kappa shape index (κ1) is 19.8. The van der Waals surface area contributed by atoms with Gasteiger partial charge in [0.15, 0.2) is 0 Å². The number of halogens is 1. The van der Waals surface area contributed by atoms with Crippen molar-refractivity contribution in [2.45, 2.75) is 13.3 Å². The van der Waals surface area contributed by atoms with E-state index in [1.165, 1.54) is 14.2 Å². The lowest BCUT2D eigenvalue weighted by molar-refractivity contribution is -0.135. The summed E-state index contributed by atoms with van der Waals surface area (Å²) in [6, 6.07) is 12.1. The molecule has 3 rings (SSSR count). The van der Waals surface area contributed by atoms with Crippen molar-refractivity contribution in [3.05, 3.63) is 58.7 Å². The van der Waals surface area contributed by atoms with Gasteiger partial charge in [-0.25, -0.2) is 0 Å². The molecule has 2 aromatic carbocycles. The Labute approximate surface area is 168 Å². The SMILES string of the molecule is CCCOc1ccc(C2=C(Nc3cc(Cl)ccc3OC)C(=O)N(C)C2=O)cc1. The van der Waals surface area contributed by atoms with Crippen LogP contribution in [-0.2, 0) is 9.59 Å². The molecule has 0 saturated heterocycles. The number of benzene rings is 2. The summed E-state index contributed by atoms with van der Waals surface area (Å²) in [4.78, 5) is 26.5. The highest BCUT2D eigenvalue weighted by molar-refractivity contribution is 6.36. The molecule has 6 nitrogen and oxygen atoms in total. The zero-order chi connectivity index (χ0) is 20.3. The minimum atomic E-state index is -0.423. The molecule has 7 heteroatoms. The van der Waals surface area contributed by atoms with Crippen LogP contribution in [0.3, 0.4) is 0 Å². The van der Waals surface area contributed by atoms with E-state index in [0.717, 1.165) is 11.3 Å². The Balaban J connectivity index is 2.02. The molecule has 0 radical (unpaired) electrons. The number of ether oxygens (including phenoxy) is 2. The summed E-state index contributed by atoms with van der Waals surface area (Å²) in [7, 11) is 2.97. The maximum atomic E-state index is 12.7. The molecule has 0 fully saturated rings. The van der Waals surface area contributed by atoms with E-state index in [9.17, 15) is 9.59 Å². The molecule has 2 amide bonds. The fourth-order valence-electron chi connectivity index (χ4n) is 2.88. The molecular formula is C21H21ClN2O4. The third-order valence-corrected chi connectivity index (χ3v) is 4.56. The van der Waals surface area contributed by atoms with E-state index >= 15 is 0 Å². The van der Waals surface area contributed by atoms with E-state index in [4.69, 9.17) is 21.1 Å². The second-order valence-corrected chi connectivity index (χ2v) is 6.70. The molecular weight excluding hydrogens is 380 g/mol. The predicted molar refractivity (Wildman–Crippen MR) is 109 cm³/mol. The summed E-state index contributed by atoms with van der Waals surface area (Å²) < 4.78 is 10.9. The number of methoxy groups -OCH3 is 1. The number of hydrogen-bond acceptors (Lipinski definition) is 5. The van der Waals surface area contributed by atoms with Crippen molar-refractivity contribution in [2.75, 3.05) is 26.1 Å². The average Bonchev–Trinajstić information content (AvgIpc) is 2.91. The minimum Gasteiger partial charge on any atom is -0.495 e. The Morgan fingerprint density at radius 1 is 1.07 bits per heavy atom. The maximum absolute atomic E-state index is 12.7. The maximum Gasteiger partial charge on any atom is 0.277 e. The molecule has 0 unspecified atom stereocenters. The van der Waals surface area contributed by atoms with Crippen LogP contribution in [-0.4, -0.2) is 37.5 Å². The van der Waals surface area contributed by atoms with Gasteiger partial charge >= 0.3 is 0 Å². The highest BCUT2D eigenvalue weighted by Crippen LogP contribution is 2.34. The van der Waals surface area contributed by atoms with Crippen LogP contribution >= 0.6 is 11.6 Å². The predicted octanol–water partition coefficient (Wildman–Crippen LogP) is 3.96. The van der Waals surface area contributed by atoms with Gasteiger partial charge in [-0.15, -0.1) is 0 Å². The third-order valence-electron chi connectivity index (χ3n) is 4.32. The number of nitrogens with zero attached hydrogens (tertiary/aromatic N) is 1. The topological polar surface area (TPSA) is 67.9 Å². The minimum absolute atomic E-state index is 0.176. The molecule has 2 aromatic rings. The van der Waals surface area contributed by atoms with Gasteiger partial charge in [0.05, 0.1) is 25.0 Å². The number of rotatable bonds is 7. The van der Waals surface area contributed by atoms with Crippen molar-refractivity contribution in [2.24, 2.45) is 0 Å². The van der Waals surface area contributed by atoms with Crippen LogP contribution in [0.4, 0.5) is 5.69 Å². The first-order chi connectivity index (χ1) is 13.5. The second-order valence-electron chi connectivity index (χ2n) is 6.26. The van der Waals surface area contributed by atoms with Crippen molar-refractivity contribution < 1.29 is 19.1 Å². The third kappa shape index (κ3) is 3.82. The standard InChI is InChI=1S/C21H21ClN2O4/c1-4-11-28-15-8-5-13(6-9-15)18-19(21(26)24(2)20(18)25)23-16-12-14(22)7-10-17(16)27-3/h5-10,12,23H,4,11H2,1-3H3. The fourth-order valence-corrected chi connectivity index (χ4v) is 3.05. The van der Waals surface area contributed by atoms with Crippen molar-refractivity contribution in [1.29, 1.82) is 0 Å². The first-order valence-electron chi connectivity index (χ1n) is 8.86. The molecule has 1 aliphatic rings. The molecule has 0 bridgehead atoms. The van der Waals surface area contributed by atoms with Crippen molar-refractivity contribution in [1.82, 2.24) is 4.90 Å². The van der Waals surface area contributed by atoms with E-state index in [-0.39, 0.29) is 17.2 Å². The molecule has 1 N–H and O–H groups in total. The summed E-state index contributed by atoms with van der Waals surface area (Å²) in [6.07, 6.45) is 0.903. The van der Waals surface area contributed by atoms with Gasteiger partial charge in [0, 0.05) is 12.1 Å². The lowest BCUT2D eigenvalue weighted by Crippen LogP contribution is -2.27. The Hall–Kier alpha value is -2.99. The van der Waals surface area contributed by atoms with Gasteiger partial charge in [-0.05, 0) is 42.3 Å². The lowest BCUT2D eigenvalue weighted by atomic mass is 10.0. The highest BCUT2D eigenvalue weighted by Gasteiger charge is 2.37. The lowest BCUT2D eigenvalue weighted by Gasteiger charge is -2.13. The Kier molecular flexibility index (Phi) is 5.90. The molecule has 1 aliphatic heterocycles. The Morgan fingerprint density at radius 3 is 2.43 bits per heavy atom. The van der Waals surface area contributed by atoms with Gasteiger partial charge in [0.1, 0.15) is 17.2 Å². The zero-order valence-corrected chi connectivity index (χ0v) is 16.7. The largest absolute Gasteiger partial charge is 0.495 e. The summed E-state index contributed by atoms with van der Waals surface area (Å²) in [5.74, 6) is 0.417. The quantitative estimate of drug-likeness (QED) is 0.712. The second kappa shape index (κ2) is 8.35. The highest BCUT2D eigenvalue weighted by atomic mass is 35.5. The van der Waals surface area contributed by atoms with Crippen LogP contribution in [0.1, 0.15) is 18.9 Å². The number of carbonyl (C=O) groups is 2. The van der Waals surface area contributed by atoms with Gasteiger partial charge < -0.3 is 14.8 Å². The number of anilines is 1. The average molecular weight is 401 g/mol. The number of likely N-dealkylation sites (N-methyl/N-ethyl adjacent to an activating group) is 1. The summed E-state index contributed by atoms with van der Waals surface area (Å²) >= 11 is 6.08. The smallest absolute Gasteiger partial charge is 0.277 e. The molecule has 0 saturated carbocycles. The number of hydrogen-bond donors (Lipinski definition) is 1. The summed E-state index contributed by atoms with van der Waals surface area (Å²) in [5, 5.41) is 3.52. The Bertz CT molecular complexity index is 938. The zero-order valence-electron chi connectivity index (χ0n) is 15.9. The molecule has 0 spiro atoms. The van der Waals surface area contributed by atoms with Crippen LogP contribution in [0.5, 0.6) is 11.5 Å². The van der Waals surface area contributed by atoms with E-state index in [1.54, 1.807) is 42.5 Å². The Morgan fingerprint density at radius 2 is 1.79 bits per heavy atom. The van der Waals surface area contributed by atoms with Crippen molar-refractivity contribution in [3.8, 4) is 11.5 Å². The van der Waals surface area contributed by atoms with Crippen LogP contribution in [0.15, 0.2) is 48.2 Å². The normalized spacial score (nSPS) is 13.9. The molecule has 146 valence electrons. The van der Waals surface area contributed by atoms with Gasteiger partial charge in [0.2, 0.25) is 0 Å². The fraction of sp³-hybridized carbons (Fsp3) is 0.238. The van der Waals surface area contributed by atoms with Gasteiger partial charge in [0.25, 0.3) is 11.8 Å².